The predicted molar refractivity (Wildman–Crippen MR) is 73.9 cm³/mol. The third-order valence-electron chi connectivity index (χ3n) is 3.72. The summed E-state index contributed by atoms with van der Waals surface area (Å²) in [5.74, 6) is -0.171. The first-order valence-corrected chi connectivity index (χ1v) is 7.03. The van der Waals surface area contributed by atoms with Crippen LogP contribution < -0.4 is 0 Å². The third-order valence-corrected chi connectivity index (χ3v) is 3.72. The van der Waals surface area contributed by atoms with E-state index < -0.39 is 5.97 Å². The SMILES string of the molecule is O=C(O)c1ccc2nc(CCN3CCCCC3)nn2c1. The van der Waals surface area contributed by atoms with E-state index in [0.717, 1.165) is 31.9 Å². The molecule has 0 spiro atoms. The second-order valence-corrected chi connectivity index (χ2v) is 5.21. The highest BCUT2D eigenvalue weighted by molar-refractivity contribution is 5.87. The smallest absolute Gasteiger partial charge is 0.337 e. The van der Waals surface area contributed by atoms with E-state index in [0.29, 0.717) is 5.65 Å². The van der Waals surface area contributed by atoms with Crippen molar-refractivity contribution in [1.82, 2.24) is 19.5 Å². The monoisotopic (exact) mass is 274 g/mol. The van der Waals surface area contributed by atoms with Crippen LogP contribution in [0.2, 0.25) is 0 Å². The maximum Gasteiger partial charge on any atom is 0.337 e. The van der Waals surface area contributed by atoms with Gasteiger partial charge in [-0.2, -0.15) is 5.10 Å². The number of carbonyl (C=O) groups is 1. The Hall–Kier alpha value is -1.95. The minimum absolute atomic E-state index is 0.227. The summed E-state index contributed by atoms with van der Waals surface area (Å²) in [4.78, 5) is 17.8. The molecule has 106 valence electrons. The maximum atomic E-state index is 10.9. The van der Waals surface area contributed by atoms with Gasteiger partial charge in [-0.15, -0.1) is 0 Å². The minimum Gasteiger partial charge on any atom is -0.478 e. The van der Waals surface area contributed by atoms with Crippen molar-refractivity contribution in [2.75, 3.05) is 19.6 Å². The molecule has 0 radical (unpaired) electrons. The van der Waals surface area contributed by atoms with Crippen LogP contribution in [0.25, 0.3) is 5.65 Å². The normalized spacial score (nSPS) is 16.6. The fourth-order valence-corrected chi connectivity index (χ4v) is 2.60. The van der Waals surface area contributed by atoms with Gasteiger partial charge in [-0.05, 0) is 38.1 Å². The van der Waals surface area contributed by atoms with Crippen LogP contribution in [0.3, 0.4) is 0 Å². The number of rotatable bonds is 4. The Labute approximate surface area is 117 Å². The van der Waals surface area contributed by atoms with Crippen molar-refractivity contribution in [2.24, 2.45) is 0 Å². The van der Waals surface area contributed by atoms with E-state index in [2.05, 4.69) is 15.0 Å². The molecule has 6 heteroatoms. The molecule has 1 aliphatic rings. The highest BCUT2D eigenvalue weighted by Gasteiger charge is 2.12. The number of aromatic carboxylic acids is 1. The number of carboxylic acids is 1. The number of nitrogens with zero attached hydrogens (tertiary/aromatic N) is 4. The van der Waals surface area contributed by atoms with Gasteiger partial charge in [0.1, 0.15) is 0 Å². The molecule has 0 aliphatic carbocycles. The Balaban J connectivity index is 1.70. The zero-order chi connectivity index (χ0) is 13.9. The molecule has 1 N–H and O–H groups in total. The summed E-state index contributed by atoms with van der Waals surface area (Å²) in [5.41, 5.74) is 0.925. The number of hydrogen-bond donors (Lipinski definition) is 1. The predicted octanol–water partition coefficient (Wildman–Crippen LogP) is 1.46. The Bertz CT molecular complexity index is 617. The Morgan fingerprint density at radius 2 is 2.05 bits per heavy atom. The van der Waals surface area contributed by atoms with Crippen LogP contribution in [-0.4, -0.2) is 50.2 Å². The average molecular weight is 274 g/mol. The van der Waals surface area contributed by atoms with E-state index in [9.17, 15) is 4.79 Å². The van der Waals surface area contributed by atoms with Gasteiger partial charge in [0.05, 0.1) is 5.56 Å². The fraction of sp³-hybridized carbons (Fsp3) is 0.500. The van der Waals surface area contributed by atoms with Crippen LogP contribution in [0.5, 0.6) is 0 Å². The number of carboxylic acid groups (broad SMARTS) is 1. The molecule has 3 heterocycles. The average Bonchev–Trinajstić information content (AvgIpc) is 2.88. The van der Waals surface area contributed by atoms with Crippen LogP contribution >= 0.6 is 0 Å². The summed E-state index contributed by atoms with van der Waals surface area (Å²) in [5, 5.41) is 13.3. The largest absolute Gasteiger partial charge is 0.478 e. The molecule has 20 heavy (non-hydrogen) atoms. The van der Waals surface area contributed by atoms with Crippen molar-refractivity contribution in [1.29, 1.82) is 0 Å². The Morgan fingerprint density at radius 3 is 2.80 bits per heavy atom. The van der Waals surface area contributed by atoms with Crippen molar-refractivity contribution < 1.29 is 9.90 Å². The number of pyridine rings is 1. The summed E-state index contributed by atoms with van der Waals surface area (Å²) in [6.07, 6.45) is 6.21. The van der Waals surface area contributed by atoms with Gasteiger partial charge in [-0.25, -0.2) is 14.3 Å². The van der Waals surface area contributed by atoms with Gasteiger partial charge < -0.3 is 10.0 Å². The molecule has 2 aromatic rings. The van der Waals surface area contributed by atoms with Crippen molar-refractivity contribution >= 4 is 11.6 Å². The topological polar surface area (TPSA) is 70.7 Å². The minimum atomic E-state index is -0.947. The molecule has 1 saturated heterocycles. The first-order valence-electron chi connectivity index (χ1n) is 7.03. The maximum absolute atomic E-state index is 10.9. The van der Waals surface area contributed by atoms with Gasteiger partial charge in [-0.3, -0.25) is 0 Å². The van der Waals surface area contributed by atoms with Gasteiger partial charge in [0, 0.05) is 19.2 Å². The van der Waals surface area contributed by atoms with Crippen LogP contribution in [0.15, 0.2) is 18.3 Å². The van der Waals surface area contributed by atoms with E-state index in [4.69, 9.17) is 5.11 Å². The van der Waals surface area contributed by atoms with Crippen molar-refractivity contribution in [3.8, 4) is 0 Å². The van der Waals surface area contributed by atoms with Crippen LogP contribution in [-0.2, 0) is 6.42 Å². The fourth-order valence-electron chi connectivity index (χ4n) is 2.60. The van der Waals surface area contributed by atoms with Crippen LogP contribution in [0, 0.1) is 0 Å². The third kappa shape index (κ3) is 2.80. The lowest BCUT2D eigenvalue weighted by Crippen LogP contribution is -2.31. The highest BCUT2D eigenvalue weighted by Crippen LogP contribution is 2.10. The van der Waals surface area contributed by atoms with Gasteiger partial charge >= 0.3 is 5.97 Å². The van der Waals surface area contributed by atoms with E-state index in [1.807, 2.05) is 0 Å². The van der Waals surface area contributed by atoms with E-state index in [1.165, 1.54) is 25.5 Å². The molecule has 0 amide bonds. The van der Waals surface area contributed by atoms with Crippen molar-refractivity contribution in [2.45, 2.75) is 25.7 Å². The first-order chi connectivity index (χ1) is 9.72. The summed E-state index contributed by atoms with van der Waals surface area (Å²) >= 11 is 0. The molecule has 1 fully saturated rings. The summed E-state index contributed by atoms with van der Waals surface area (Å²) in [6, 6.07) is 3.25. The van der Waals surface area contributed by atoms with Crippen molar-refractivity contribution in [3.05, 3.63) is 29.7 Å². The number of likely N-dealkylation sites (tertiary alicyclic amines) is 1. The Kier molecular flexibility index (Phi) is 3.64. The van der Waals surface area contributed by atoms with E-state index in [1.54, 1.807) is 16.6 Å². The van der Waals surface area contributed by atoms with Crippen molar-refractivity contribution in [3.63, 3.8) is 0 Å². The first kappa shape index (κ1) is 13.1. The number of fused-ring (bicyclic) bond motifs is 1. The second-order valence-electron chi connectivity index (χ2n) is 5.21. The zero-order valence-electron chi connectivity index (χ0n) is 11.3. The lowest BCUT2D eigenvalue weighted by Gasteiger charge is -2.25. The molecule has 0 atom stereocenters. The second kappa shape index (κ2) is 5.58. The standard InChI is InChI=1S/C14H18N4O2/c19-14(20)11-4-5-13-15-12(16-18(13)10-11)6-9-17-7-2-1-3-8-17/h4-5,10H,1-3,6-9H2,(H,19,20). The van der Waals surface area contributed by atoms with E-state index >= 15 is 0 Å². The molecular formula is C14H18N4O2. The van der Waals surface area contributed by atoms with Gasteiger partial charge in [0.15, 0.2) is 11.5 Å². The van der Waals surface area contributed by atoms with E-state index in [-0.39, 0.29) is 5.56 Å². The Morgan fingerprint density at radius 1 is 1.25 bits per heavy atom. The van der Waals surface area contributed by atoms with Crippen LogP contribution in [0.1, 0.15) is 35.4 Å². The summed E-state index contributed by atoms with van der Waals surface area (Å²) < 4.78 is 1.55. The molecule has 3 rings (SSSR count). The number of piperidine rings is 1. The molecular weight excluding hydrogens is 256 g/mol. The molecule has 2 aromatic heterocycles. The lowest BCUT2D eigenvalue weighted by atomic mass is 10.1. The van der Waals surface area contributed by atoms with Gasteiger partial charge in [-0.1, -0.05) is 6.42 Å². The molecule has 6 nitrogen and oxygen atoms in total. The quantitative estimate of drug-likeness (QED) is 0.914. The number of aromatic nitrogens is 3. The summed E-state index contributed by atoms with van der Waals surface area (Å²) in [7, 11) is 0. The highest BCUT2D eigenvalue weighted by atomic mass is 16.4. The number of hydrogen-bond acceptors (Lipinski definition) is 4. The molecule has 0 aromatic carbocycles. The molecule has 1 aliphatic heterocycles. The van der Waals surface area contributed by atoms with Gasteiger partial charge in [0.2, 0.25) is 0 Å². The summed E-state index contributed by atoms with van der Waals surface area (Å²) in [6.45, 7) is 3.30. The molecule has 0 unspecified atom stereocenters. The van der Waals surface area contributed by atoms with Gasteiger partial charge in [0.25, 0.3) is 0 Å². The van der Waals surface area contributed by atoms with Crippen LogP contribution in [0.4, 0.5) is 0 Å². The lowest BCUT2D eigenvalue weighted by molar-refractivity contribution is 0.0696. The molecule has 0 bridgehead atoms. The zero-order valence-corrected chi connectivity index (χ0v) is 11.3. The molecule has 0 saturated carbocycles.